The van der Waals surface area contributed by atoms with E-state index in [9.17, 15) is 15.0 Å². The Morgan fingerprint density at radius 3 is 1.95 bits per heavy atom. The summed E-state index contributed by atoms with van der Waals surface area (Å²) in [6.45, 7) is 22.5. The third kappa shape index (κ3) is 9.05. The summed E-state index contributed by atoms with van der Waals surface area (Å²) >= 11 is 0. The number of nitrogens with zero attached hydrogens (tertiary/aromatic N) is 3. The largest absolute Gasteiger partial charge is 0.493 e. The highest BCUT2D eigenvalue weighted by atomic mass is 16.3. The van der Waals surface area contributed by atoms with Crippen molar-refractivity contribution in [2.24, 2.45) is 0 Å². The van der Waals surface area contributed by atoms with Gasteiger partial charge in [-0.1, -0.05) is 64.5 Å². The Kier molecular flexibility index (Phi) is 12.1. The molecule has 0 radical (unpaired) electrons. The van der Waals surface area contributed by atoms with E-state index in [-0.39, 0.29) is 45.9 Å². The lowest BCUT2D eigenvalue weighted by Crippen LogP contribution is -2.72. The topological polar surface area (TPSA) is 81.0 Å². The first-order chi connectivity index (χ1) is 20.4. The molecule has 7 nitrogen and oxygen atoms in total. The van der Waals surface area contributed by atoms with Gasteiger partial charge in [-0.15, -0.1) is 0 Å². The van der Waals surface area contributed by atoms with E-state index in [2.05, 4.69) is 84.7 Å². The molecule has 0 aliphatic carbocycles. The van der Waals surface area contributed by atoms with Crippen LogP contribution in [0.3, 0.4) is 0 Å². The Hall–Kier alpha value is -1.99. The molecule has 1 aromatic heterocycles. The zero-order valence-electron chi connectivity index (χ0n) is 29.9. The van der Waals surface area contributed by atoms with Gasteiger partial charge in [0.15, 0.2) is 0 Å². The smallest absolute Gasteiger partial charge is 0.241 e. The average Bonchev–Trinajstić information content (AvgIpc) is 3.14. The monoisotopic (exact) mass is 615 g/mol. The Morgan fingerprint density at radius 1 is 0.864 bits per heavy atom. The first-order valence-corrected chi connectivity index (χ1v) is 17.6. The number of hydrogen-bond acceptors (Lipinski definition) is 5. The highest BCUT2D eigenvalue weighted by Gasteiger charge is 2.53. The second-order valence-electron chi connectivity index (χ2n) is 16.4. The number of piperidine rings is 2. The minimum Gasteiger partial charge on any atom is -0.493 e. The van der Waals surface area contributed by atoms with Crippen LogP contribution in [0.1, 0.15) is 158 Å². The molecule has 1 aromatic rings. The Morgan fingerprint density at radius 2 is 1.41 bits per heavy atom. The van der Waals surface area contributed by atoms with Gasteiger partial charge < -0.3 is 15.5 Å². The normalized spacial score (nSPS) is 22.0. The summed E-state index contributed by atoms with van der Waals surface area (Å²) in [5, 5.41) is 28.0. The average molecular weight is 615 g/mol. The van der Waals surface area contributed by atoms with Gasteiger partial charge in [0.2, 0.25) is 17.7 Å². The summed E-state index contributed by atoms with van der Waals surface area (Å²) in [6.07, 6.45) is 18.7. The minimum atomic E-state index is -0.202. The van der Waals surface area contributed by atoms with Crippen LogP contribution < -0.4 is 10.3 Å². The molecule has 2 aliphatic rings. The number of aromatic nitrogens is 1. The van der Waals surface area contributed by atoms with Gasteiger partial charge in [-0.2, -0.15) is 4.68 Å². The second kappa shape index (κ2) is 14.6. The molecule has 0 aromatic carbocycles. The fourth-order valence-corrected chi connectivity index (χ4v) is 8.93. The Labute approximate surface area is 269 Å². The van der Waals surface area contributed by atoms with Crippen molar-refractivity contribution in [3.05, 3.63) is 23.8 Å². The van der Waals surface area contributed by atoms with Crippen molar-refractivity contribution in [2.75, 3.05) is 5.01 Å². The van der Waals surface area contributed by atoms with E-state index in [1.807, 2.05) is 6.92 Å². The van der Waals surface area contributed by atoms with E-state index in [1.54, 1.807) is 11.1 Å². The summed E-state index contributed by atoms with van der Waals surface area (Å²) in [6, 6.07) is 1.85. The van der Waals surface area contributed by atoms with Crippen molar-refractivity contribution in [1.29, 1.82) is 0 Å². The summed E-state index contributed by atoms with van der Waals surface area (Å²) in [5.41, 5.74) is 0.296. The van der Waals surface area contributed by atoms with E-state index in [0.29, 0.717) is 24.4 Å². The van der Waals surface area contributed by atoms with Gasteiger partial charge in [-0.05, 0) is 100 Å². The molecule has 0 unspecified atom stereocenters. The molecule has 2 fully saturated rings. The lowest BCUT2D eigenvalue weighted by atomic mass is 9.71. The second-order valence-corrected chi connectivity index (χ2v) is 16.4. The first kappa shape index (κ1) is 36.5. The fourth-order valence-electron chi connectivity index (χ4n) is 8.93. The molecule has 3 N–H and O–H groups in total. The number of allylic oxidation sites excluding steroid dienone is 2. The molecule has 1 amide bonds. The van der Waals surface area contributed by atoms with Crippen LogP contribution in [0.5, 0.6) is 11.8 Å². The van der Waals surface area contributed by atoms with Gasteiger partial charge in [0.25, 0.3) is 0 Å². The molecule has 0 bridgehead atoms. The van der Waals surface area contributed by atoms with Crippen LogP contribution in [-0.2, 0) is 11.2 Å². The van der Waals surface area contributed by atoms with Gasteiger partial charge in [-0.3, -0.25) is 9.69 Å². The van der Waals surface area contributed by atoms with Gasteiger partial charge in [-0.25, -0.2) is 5.01 Å². The lowest BCUT2D eigenvalue weighted by molar-refractivity contribution is -0.124. The zero-order valence-corrected chi connectivity index (χ0v) is 29.9. The van der Waals surface area contributed by atoms with Gasteiger partial charge in [0.1, 0.15) is 0 Å². The Bertz CT molecular complexity index is 1080. The van der Waals surface area contributed by atoms with Crippen molar-refractivity contribution < 1.29 is 15.0 Å². The van der Waals surface area contributed by atoms with Crippen LogP contribution in [0.2, 0.25) is 0 Å². The lowest BCUT2D eigenvalue weighted by Gasteiger charge is -2.62. The number of amides is 1. The highest BCUT2D eigenvalue weighted by Crippen LogP contribution is 2.46. The maximum absolute atomic E-state index is 13.6. The molecule has 0 atom stereocenters. The van der Waals surface area contributed by atoms with E-state index in [1.165, 1.54) is 49.6 Å². The van der Waals surface area contributed by atoms with E-state index in [4.69, 9.17) is 0 Å². The molecule has 252 valence electrons. The molecule has 0 spiro atoms. The summed E-state index contributed by atoms with van der Waals surface area (Å²) in [5.74, 6) is -0.217. The van der Waals surface area contributed by atoms with Crippen LogP contribution in [0.15, 0.2) is 18.2 Å². The molecule has 44 heavy (non-hydrogen) atoms. The molecular formula is C37H66N4O3. The molecular weight excluding hydrogens is 548 g/mol. The van der Waals surface area contributed by atoms with Crippen molar-refractivity contribution in [1.82, 2.24) is 14.9 Å². The van der Waals surface area contributed by atoms with Crippen LogP contribution in [-0.4, -0.2) is 59.9 Å². The standard InChI is InChI=1S/C37H66N4O3/c1-11-13-14-15-16-17-18-19-20-21-22-28-23-32(43)40(33(28)44)39(31(42)12-2)29-26-36(7,8)41(37(9,10)27-29)30-24-34(3,4)38-35(5,6)25-30/h20-21,23,29-30,38,43-44H,11-19,22,24-27H2,1-10H3. The number of nitrogens with one attached hydrogen (secondary N) is 1. The summed E-state index contributed by atoms with van der Waals surface area (Å²) < 4.78 is 1.38. The predicted molar refractivity (Wildman–Crippen MR) is 184 cm³/mol. The number of aromatic hydroxyl groups is 2. The maximum Gasteiger partial charge on any atom is 0.241 e. The van der Waals surface area contributed by atoms with Crippen molar-refractivity contribution in [3.63, 3.8) is 0 Å². The van der Waals surface area contributed by atoms with E-state index in [0.717, 1.165) is 32.1 Å². The highest BCUT2D eigenvalue weighted by molar-refractivity contribution is 5.87. The number of likely N-dealkylation sites (tertiary alicyclic amines) is 1. The molecule has 3 heterocycles. The van der Waals surface area contributed by atoms with Crippen molar-refractivity contribution in [2.45, 2.75) is 193 Å². The van der Waals surface area contributed by atoms with Crippen molar-refractivity contribution in [3.8, 4) is 11.8 Å². The molecule has 7 heteroatoms. The number of unbranched alkanes of at least 4 members (excludes halogenated alkanes) is 7. The van der Waals surface area contributed by atoms with Crippen LogP contribution in [0, 0.1) is 0 Å². The third-order valence-corrected chi connectivity index (χ3v) is 9.91. The van der Waals surface area contributed by atoms with Crippen LogP contribution in [0.25, 0.3) is 0 Å². The predicted octanol–water partition coefficient (Wildman–Crippen LogP) is 8.34. The molecule has 0 saturated carbocycles. The third-order valence-electron chi connectivity index (χ3n) is 9.91. The summed E-state index contributed by atoms with van der Waals surface area (Å²) in [7, 11) is 0. The van der Waals surface area contributed by atoms with Gasteiger partial charge in [0.05, 0.1) is 6.04 Å². The SMILES string of the molecule is CCCCCCCCCC=CCc1cc(O)n(N(C(=O)CC)C2CC(C)(C)N(C3CC(C)(C)NC(C)(C)C3)C(C)(C)C2)c1O. The van der Waals surface area contributed by atoms with Gasteiger partial charge >= 0.3 is 0 Å². The Balaban J connectivity index is 1.77. The van der Waals surface area contributed by atoms with Crippen molar-refractivity contribution >= 4 is 5.91 Å². The van der Waals surface area contributed by atoms with E-state index < -0.39 is 0 Å². The quantitative estimate of drug-likeness (QED) is 0.145. The number of carbonyl (C=O) groups excluding carboxylic acids is 1. The van der Waals surface area contributed by atoms with Crippen LogP contribution in [0.4, 0.5) is 0 Å². The number of carbonyl (C=O) groups is 1. The van der Waals surface area contributed by atoms with E-state index >= 15 is 0 Å². The zero-order chi connectivity index (χ0) is 32.9. The van der Waals surface area contributed by atoms with Gasteiger partial charge in [0, 0.05) is 46.2 Å². The maximum atomic E-state index is 13.6. The minimum absolute atomic E-state index is 0.0292. The van der Waals surface area contributed by atoms with Crippen LogP contribution >= 0.6 is 0 Å². The molecule has 2 saturated heterocycles. The number of rotatable bonds is 14. The first-order valence-electron chi connectivity index (χ1n) is 17.6. The molecule has 2 aliphatic heterocycles. The molecule has 3 rings (SSSR count). The summed E-state index contributed by atoms with van der Waals surface area (Å²) in [4.78, 5) is 16.3. The number of hydrogen-bond donors (Lipinski definition) is 3. The fraction of sp³-hybridized carbons (Fsp3) is 0.811.